The molecule has 0 aromatic carbocycles. The number of hydrogen-bond acceptors (Lipinski definition) is 4. The van der Waals surface area contributed by atoms with Crippen molar-refractivity contribution in [1.29, 1.82) is 0 Å². The molecule has 1 fully saturated rings. The van der Waals surface area contributed by atoms with Crippen LogP contribution in [0.25, 0.3) is 0 Å². The van der Waals surface area contributed by atoms with Gasteiger partial charge < -0.3 is 4.90 Å². The van der Waals surface area contributed by atoms with Crippen molar-refractivity contribution in [2.24, 2.45) is 5.92 Å². The Morgan fingerprint density at radius 1 is 1.47 bits per heavy atom. The maximum absolute atomic E-state index is 12.5. The fourth-order valence-corrected chi connectivity index (χ4v) is 3.17. The third kappa shape index (κ3) is 2.47. The van der Waals surface area contributed by atoms with Gasteiger partial charge in [-0.05, 0) is 18.8 Å². The molecular formula is C14H20N4O. The van der Waals surface area contributed by atoms with Crippen molar-refractivity contribution >= 4 is 5.91 Å². The van der Waals surface area contributed by atoms with E-state index in [4.69, 9.17) is 0 Å². The monoisotopic (exact) mass is 260 g/mol. The molecule has 0 radical (unpaired) electrons. The van der Waals surface area contributed by atoms with Gasteiger partial charge in [-0.3, -0.25) is 10.1 Å². The smallest absolute Gasteiger partial charge is 0.244 e. The topological polar surface area (TPSA) is 58.1 Å². The summed E-state index contributed by atoms with van der Waals surface area (Å²) in [6, 6.07) is -0.261. The van der Waals surface area contributed by atoms with E-state index in [2.05, 4.69) is 15.3 Å². The molecule has 1 aliphatic carbocycles. The summed E-state index contributed by atoms with van der Waals surface area (Å²) in [5.74, 6) is 0.822. The van der Waals surface area contributed by atoms with Gasteiger partial charge in [0.15, 0.2) is 0 Å². The van der Waals surface area contributed by atoms with E-state index in [-0.39, 0.29) is 11.9 Å². The van der Waals surface area contributed by atoms with Crippen molar-refractivity contribution in [2.75, 3.05) is 13.6 Å². The Balaban J connectivity index is 1.67. The van der Waals surface area contributed by atoms with Crippen LogP contribution in [0.5, 0.6) is 0 Å². The quantitative estimate of drug-likeness (QED) is 0.889. The molecule has 2 heterocycles. The molecule has 19 heavy (non-hydrogen) atoms. The molecule has 1 aliphatic heterocycles. The number of amides is 1. The standard InChI is InChI=1S/C14H20N4O/c1-18(8-10-4-2-3-5-10)14(19)13-11-6-15-9-17-12(11)7-16-13/h6,9-10,13,16H,2-5,7-8H2,1H3. The number of carbonyl (C=O) groups is 1. The molecule has 1 amide bonds. The van der Waals surface area contributed by atoms with E-state index in [0.717, 1.165) is 17.8 Å². The number of fused-ring (bicyclic) bond motifs is 1. The lowest BCUT2D eigenvalue weighted by Crippen LogP contribution is -2.38. The zero-order valence-electron chi connectivity index (χ0n) is 11.3. The number of rotatable bonds is 3. The Kier molecular flexibility index (Phi) is 3.46. The summed E-state index contributed by atoms with van der Waals surface area (Å²) in [6.45, 7) is 1.53. The fraction of sp³-hybridized carbons (Fsp3) is 0.643. The van der Waals surface area contributed by atoms with Crippen LogP contribution in [0.4, 0.5) is 0 Å². The molecular weight excluding hydrogens is 240 g/mol. The molecule has 5 nitrogen and oxygen atoms in total. The van der Waals surface area contributed by atoms with Crippen molar-refractivity contribution < 1.29 is 4.79 Å². The first-order valence-electron chi connectivity index (χ1n) is 7.03. The van der Waals surface area contributed by atoms with Crippen molar-refractivity contribution in [1.82, 2.24) is 20.2 Å². The molecule has 1 unspecified atom stereocenters. The molecule has 1 atom stereocenters. The molecule has 1 aromatic heterocycles. The Morgan fingerprint density at radius 2 is 2.26 bits per heavy atom. The van der Waals surface area contributed by atoms with Crippen molar-refractivity contribution in [3.05, 3.63) is 23.8 Å². The summed E-state index contributed by atoms with van der Waals surface area (Å²) in [5.41, 5.74) is 1.88. The van der Waals surface area contributed by atoms with Gasteiger partial charge in [0.25, 0.3) is 0 Å². The number of aromatic nitrogens is 2. The minimum Gasteiger partial charge on any atom is -0.344 e. The van der Waals surface area contributed by atoms with E-state index in [1.807, 2.05) is 11.9 Å². The Morgan fingerprint density at radius 3 is 3.05 bits per heavy atom. The molecule has 0 bridgehead atoms. The van der Waals surface area contributed by atoms with Crippen LogP contribution < -0.4 is 5.32 Å². The lowest BCUT2D eigenvalue weighted by Gasteiger charge is -2.24. The summed E-state index contributed by atoms with van der Waals surface area (Å²) >= 11 is 0. The van der Waals surface area contributed by atoms with Gasteiger partial charge in [0.1, 0.15) is 12.4 Å². The predicted octanol–water partition coefficient (Wildman–Crippen LogP) is 1.27. The second-order valence-electron chi connectivity index (χ2n) is 5.61. The molecule has 0 spiro atoms. The van der Waals surface area contributed by atoms with Crippen LogP contribution in [0.15, 0.2) is 12.5 Å². The van der Waals surface area contributed by atoms with E-state index < -0.39 is 0 Å². The van der Waals surface area contributed by atoms with Crippen LogP contribution in [0.1, 0.15) is 43.0 Å². The average Bonchev–Trinajstić information content (AvgIpc) is 3.06. The van der Waals surface area contributed by atoms with Gasteiger partial charge in [-0.1, -0.05) is 12.8 Å². The van der Waals surface area contributed by atoms with Crippen molar-refractivity contribution in [3.8, 4) is 0 Å². The Bertz CT molecular complexity index is 470. The third-order valence-electron chi connectivity index (χ3n) is 4.24. The lowest BCUT2D eigenvalue weighted by molar-refractivity contribution is -0.132. The average molecular weight is 260 g/mol. The van der Waals surface area contributed by atoms with Crippen LogP contribution in [0.2, 0.25) is 0 Å². The van der Waals surface area contributed by atoms with Gasteiger partial charge in [0.2, 0.25) is 5.91 Å². The molecule has 1 N–H and O–H groups in total. The number of hydrogen-bond donors (Lipinski definition) is 1. The maximum Gasteiger partial charge on any atom is 0.244 e. The highest BCUT2D eigenvalue weighted by Gasteiger charge is 2.32. The minimum atomic E-state index is -0.261. The van der Waals surface area contributed by atoms with E-state index in [0.29, 0.717) is 12.5 Å². The zero-order chi connectivity index (χ0) is 13.2. The molecule has 102 valence electrons. The van der Waals surface area contributed by atoms with Gasteiger partial charge in [-0.15, -0.1) is 0 Å². The van der Waals surface area contributed by atoms with Crippen LogP contribution in [0, 0.1) is 5.92 Å². The summed E-state index contributed by atoms with van der Waals surface area (Å²) in [7, 11) is 1.91. The first kappa shape index (κ1) is 12.5. The number of likely N-dealkylation sites (N-methyl/N-ethyl adjacent to an activating group) is 1. The van der Waals surface area contributed by atoms with Crippen molar-refractivity contribution in [2.45, 2.75) is 38.3 Å². The largest absolute Gasteiger partial charge is 0.344 e. The molecule has 2 aliphatic rings. The van der Waals surface area contributed by atoms with Crippen LogP contribution in [0.3, 0.4) is 0 Å². The van der Waals surface area contributed by atoms with Gasteiger partial charge in [-0.2, -0.15) is 0 Å². The second-order valence-corrected chi connectivity index (χ2v) is 5.61. The van der Waals surface area contributed by atoms with Crippen molar-refractivity contribution in [3.63, 3.8) is 0 Å². The molecule has 0 saturated heterocycles. The Labute approximate surface area is 113 Å². The number of nitrogens with one attached hydrogen (secondary N) is 1. The molecule has 1 saturated carbocycles. The van der Waals surface area contributed by atoms with Crippen LogP contribution >= 0.6 is 0 Å². The summed E-state index contributed by atoms with van der Waals surface area (Å²) in [6.07, 6.45) is 8.44. The normalized spacial score (nSPS) is 22.5. The molecule has 1 aromatic rings. The van der Waals surface area contributed by atoms with E-state index in [1.165, 1.54) is 32.0 Å². The summed E-state index contributed by atoms with van der Waals surface area (Å²) in [4.78, 5) is 22.6. The third-order valence-corrected chi connectivity index (χ3v) is 4.24. The second kappa shape index (κ2) is 5.25. The number of carbonyl (C=O) groups excluding carboxylic acids is 1. The maximum atomic E-state index is 12.5. The van der Waals surface area contributed by atoms with Crippen LogP contribution in [-0.4, -0.2) is 34.4 Å². The highest BCUT2D eigenvalue weighted by Crippen LogP contribution is 2.27. The highest BCUT2D eigenvalue weighted by molar-refractivity contribution is 5.84. The van der Waals surface area contributed by atoms with Gasteiger partial charge in [0.05, 0.1) is 5.69 Å². The lowest BCUT2D eigenvalue weighted by atomic mass is 10.1. The zero-order valence-corrected chi connectivity index (χ0v) is 11.3. The fourth-order valence-electron chi connectivity index (χ4n) is 3.17. The summed E-state index contributed by atoms with van der Waals surface area (Å²) in [5, 5.41) is 3.23. The van der Waals surface area contributed by atoms with E-state index >= 15 is 0 Å². The van der Waals surface area contributed by atoms with E-state index in [1.54, 1.807) is 6.20 Å². The highest BCUT2D eigenvalue weighted by atomic mass is 16.2. The van der Waals surface area contributed by atoms with Gasteiger partial charge in [-0.25, -0.2) is 9.97 Å². The predicted molar refractivity (Wildman–Crippen MR) is 71.2 cm³/mol. The first-order chi connectivity index (χ1) is 9.25. The Hall–Kier alpha value is -1.49. The van der Waals surface area contributed by atoms with Gasteiger partial charge >= 0.3 is 0 Å². The minimum absolute atomic E-state index is 0.139. The van der Waals surface area contributed by atoms with Gasteiger partial charge in [0, 0.05) is 31.9 Å². The molecule has 3 rings (SSSR count). The SMILES string of the molecule is CN(CC1CCCC1)C(=O)C1NCc2ncncc21. The first-order valence-corrected chi connectivity index (χ1v) is 7.03. The number of nitrogens with zero attached hydrogens (tertiary/aromatic N) is 3. The van der Waals surface area contributed by atoms with Crippen LogP contribution in [-0.2, 0) is 11.3 Å². The molecule has 5 heteroatoms. The summed E-state index contributed by atoms with van der Waals surface area (Å²) < 4.78 is 0. The van der Waals surface area contributed by atoms with E-state index in [9.17, 15) is 4.79 Å².